The smallest absolute Gasteiger partial charge is 0.295 e. The second-order valence-electron chi connectivity index (χ2n) is 5.24. The third-order valence-corrected chi connectivity index (χ3v) is 4.06. The molecule has 1 unspecified atom stereocenters. The maximum Gasteiger partial charge on any atom is 0.295 e. The van der Waals surface area contributed by atoms with Crippen molar-refractivity contribution >= 4 is 29.1 Å². The van der Waals surface area contributed by atoms with E-state index in [4.69, 9.17) is 16.0 Å². The largest absolute Gasteiger partial charge is 0.507 e. The lowest BCUT2D eigenvalue weighted by Crippen LogP contribution is -2.32. The second-order valence-corrected chi connectivity index (χ2v) is 5.67. The summed E-state index contributed by atoms with van der Waals surface area (Å²) in [5.41, 5.74) is 0.281. The molecule has 0 spiro atoms. The first-order chi connectivity index (χ1) is 11.5. The van der Waals surface area contributed by atoms with Crippen LogP contribution in [-0.2, 0) is 9.59 Å². The van der Waals surface area contributed by atoms with Crippen LogP contribution in [-0.4, -0.2) is 40.0 Å². The van der Waals surface area contributed by atoms with E-state index in [1.54, 1.807) is 36.4 Å². The number of ketones is 1. The number of benzene rings is 1. The van der Waals surface area contributed by atoms with E-state index in [9.17, 15) is 19.8 Å². The zero-order valence-corrected chi connectivity index (χ0v) is 13.2. The summed E-state index contributed by atoms with van der Waals surface area (Å²) in [6, 6.07) is 8.59. The van der Waals surface area contributed by atoms with Gasteiger partial charge >= 0.3 is 0 Å². The molecule has 2 heterocycles. The van der Waals surface area contributed by atoms with Crippen molar-refractivity contribution in [1.29, 1.82) is 0 Å². The van der Waals surface area contributed by atoms with Gasteiger partial charge in [-0.3, -0.25) is 9.59 Å². The predicted octanol–water partition coefficient (Wildman–Crippen LogP) is 2.35. The first kappa shape index (κ1) is 16.3. The summed E-state index contributed by atoms with van der Waals surface area (Å²) in [5, 5.41) is 20.3. The summed E-state index contributed by atoms with van der Waals surface area (Å²) in [6.45, 7) is -0.363. The van der Waals surface area contributed by atoms with Crippen LogP contribution in [0.1, 0.15) is 17.4 Å². The number of hydrogen-bond donors (Lipinski definition) is 2. The number of carbonyl (C=O) groups is 2. The molecule has 1 saturated heterocycles. The Bertz CT molecular complexity index is 795. The Morgan fingerprint density at radius 1 is 1.21 bits per heavy atom. The number of likely N-dealkylation sites (tertiary alicyclic amines) is 1. The van der Waals surface area contributed by atoms with Crippen LogP contribution < -0.4 is 0 Å². The standard InChI is InChI=1S/C17H14ClNO5/c18-11-5-3-10(4-6-11)15(21)13-14(12-2-1-9-24-12)19(7-8-20)17(23)16(13)22/h1-6,9,14,20-21H,7-8H2/b15-13-. The number of rotatable bonds is 4. The highest BCUT2D eigenvalue weighted by molar-refractivity contribution is 6.46. The van der Waals surface area contributed by atoms with Crippen molar-refractivity contribution < 1.29 is 24.2 Å². The highest BCUT2D eigenvalue weighted by Gasteiger charge is 2.47. The van der Waals surface area contributed by atoms with Gasteiger partial charge in [-0.15, -0.1) is 0 Å². The van der Waals surface area contributed by atoms with Gasteiger partial charge in [0.15, 0.2) is 0 Å². The molecule has 1 aliphatic heterocycles. The van der Waals surface area contributed by atoms with Gasteiger partial charge in [0.1, 0.15) is 17.6 Å². The molecule has 0 bridgehead atoms. The van der Waals surface area contributed by atoms with Gasteiger partial charge in [0.05, 0.1) is 18.4 Å². The predicted molar refractivity (Wildman–Crippen MR) is 86.3 cm³/mol. The van der Waals surface area contributed by atoms with E-state index >= 15 is 0 Å². The summed E-state index contributed by atoms with van der Waals surface area (Å²) < 4.78 is 5.33. The number of carbonyl (C=O) groups excluding carboxylic acids is 2. The summed E-state index contributed by atoms with van der Waals surface area (Å²) in [4.78, 5) is 25.9. The minimum Gasteiger partial charge on any atom is -0.507 e. The molecule has 0 radical (unpaired) electrons. The molecule has 3 rings (SSSR count). The Morgan fingerprint density at radius 3 is 2.50 bits per heavy atom. The van der Waals surface area contributed by atoms with Gasteiger partial charge in [0.25, 0.3) is 11.7 Å². The van der Waals surface area contributed by atoms with Crippen LogP contribution in [0.15, 0.2) is 52.7 Å². The summed E-state index contributed by atoms with van der Waals surface area (Å²) in [5.74, 6) is -1.59. The fourth-order valence-electron chi connectivity index (χ4n) is 2.72. The van der Waals surface area contributed by atoms with Crippen LogP contribution in [0.2, 0.25) is 5.02 Å². The highest BCUT2D eigenvalue weighted by atomic mass is 35.5. The Kier molecular flexibility index (Phi) is 4.42. The highest BCUT2D eigenvalue weighted by Crippen LogP contribution is 2.39. The molecule has 0 saturated carbocycles. The average Bonchev–Trinajstić information content (AvgIpc) is 3.18. The van der Waals surface area contributed by atoms with Crippen molar-refractivity contribution in [1.82, 2.24) is 4.90 Å². The Balaban J connectivity index is 2.15. The van der Waals surface area contributed by atoms with E-state index in [0.717, 1.165) is 0 Å². The lowest BCUT2D eigenvalue weighted by molar-refractivity contribution is -0.140. The molecule has 1 aliphatic rings. The summed E-state index contributed by atoms with van der Waals surface area (Å²) in [7, 11) is 0. The van der Waals surface area contributed by atoms with Crippen LogP contribution in [0.5, 0.6) is 0 Å². The maximum atomic E-state index is 12.4. The summed E-state index contributed by atoms with van der Waals surface area (Å²) >= 11 is 5.83. The number of aliphatic hydroxyl groups excluding tert-OH is 2. The minimum absolute atomic E-state index is 0.0483. The molecule has 1 atom stereocenters. The maximum absolute atomic E-state index is 12.4. The van der Waals surface area contributed by atoms with Gasteiger partial charge < -0.3 is 19.5 Å². The number of Topliss-reactive ketones (excluding diaryl/α,β-unsaturated/α-hetero) is 1. The second kappa shape index (κ2) is 6.51. The van der Waals surface area contributed by atoms with Gasteiger partial charge in [-0.25, -0.2) is 0 Å². The van der Waals surface area contributed by atoms with Crippen molar-refractivity contribution in [2.24, 2.45) is 0 Å². The molecule has 1 fully saturated rings. The Hall–Kier alpha value is -2.57. The molecule has 6 nitrogen and oxygen atoms in total. The third-order valence-electron chi connectivity index (χ3n) is 3.81. The van der Waals surface area contributed by atoms with Crippen molar-refractivity contribution in [3.63, 3.8) is 0 Å². The molecule has 2 aromatic rings. The van der Waals surface area contributed by atoms with Crippen molar-refractivity contribution in [2.45, 2.75) is 6.04 Å². The number of furan rings is 1. The molecule has 2 N–H and O–H groups in total. The van der Waals surface area contributed by atoms with E-state index < -0.39 is 17.7 Å². The van der Waals surface area contributed by atoms with Crippen LogP contribution in [0.3, 0.4) is 0 Å². The van der Waals surface area contributed by atoms with Gasteiger partial charge in [0, 0.05) is 17.1 Å². The van der Waals surface area contributed by atoms with E-state index in [1.807, 2.05) is 0 Å². The zero-order chi connectivity index (χ0) is 17.3. The average molecular weight is 348 g/mol. The molecule has 0 aliphatic carbocycles. The van der Waals surface area contributed by atoms with E-state index in [-0.39, 0.29) is 24.5 Å². The Labute approximate surface area is 142 Å². The van der Waals surface area contributed by atoms with Crippen LogP contribution >= 0.6 is 11.6 Å². The van der Waals surface area contributed by atoms with Crippen LogP contribution in [0, 0.1) is 0 Å². The molecule has 1 aromatic heterocycles. The molecular weight excluding hydrogens is 334 g/mol. The number of halogens is 1. The first-order valence-corrected chi connectivity index (χ1v) is 7.61. The number of amides is 1. The van der Waals surface area contributed by atoms with Crippen molar-refractivity contribution in [3.8, 4) is 0 Å². The SMILES string of the molecule is O=C1C(=O)N(CCO)C(c2ccco2)/C1=C(/O)c1ccc(Cl)cc1. The third kappa shape index (κ3) is 2.70. The lowest BCUT2D eigenvalue weighted by Gasteiger charge is -2.22. The van der Waals surface area contributed by atoms with Crippen molar-refractivity contribution in [2.75, 3.05) is 13.2 Å². The van der Waals surface area contributed by atoms with E-state index in [2.05, 4.69) is 0 Å². The summed E-state index contributed by atoms with van der Waals surface area (Å²) in [6.07, 6.45) is 1.41. The molecule has 24 heavy (non-hydrogen) atoms. The van der Waals surface area contributed by atoms with Gasteiger partial charge in [0.2, 0.25) is 0 Å². The zero-order valence-electron chi connectivity index (χ0n) is 12.5. The van der Waals surface area contributed by atoms with Gasteiger partial charge in [-0.1, -0.05) is 11.6 Å². The van der Waals surface area contributed by atoms with Gasteiger partial charge in [-0.05, 0) is 36.4 Å². The van der Waals surface area contributed by atoms with Crippen LogP contribution in [0.4, 0.5) is 0 Å². The lowest BCUT2D eigenvalue weighted by atomic mass is 9.99. The fourth-order valence-corrected chi connectivity index (χ4v) is 2.85. The van der Waals surface area contributed by atoms with Gasteiger partial charge in [-0.2, -0.15) is 0 Å². The Morgan fingerprint density at radius 2 is 1.92 bits per heavy atom. The van der Waals surface area contributed by atoms with Crippen molar-refractivity contribution in [3.05, 3.63) is 64.6 Å². The van der Waals surface area contributed by atoms with Crippen LogP contribution in [0.25, 0.3) is 5.76 Å². The number of β-amino-alcohol motifs (C(OH)–C–C–N with tert-alkyl or cyclic N) is 1. The molecule has 1 aromatic carbocycles. The monoisotopic (exact) mass is 347 g/mol. The molecule has 124 valence electrons. The van der Waals surface area contributed by atoms with E-state index in [1.165, 1.54) is 11.2 Å². The molecular formula is C17H14ClNO5. The molecule has 1 amide bonds. The number of hydrogen-bond acceptors (Lipinski definition) is 5. The van der Waals surface area contributed by atoms with E-state index in [0.29, 0.717) is 16.3 Å². The molecule has 7 heteroatoms. The number of nitrogens with zero attached hydrogens (tertiary/aromatic N) is 1. The number of aliphatic hydroxyl groups is 2. The fraction of sp³-hybridized carbons (Fsp3) is 0.176. The normalized spacial score (nSPS) is 19.9. The quantitative estimate of drug-likeness (QED) is 0.503. The minimum atomic E-state index is -0.886. The first-order valence-electron chi connectivity index (χ1n) is 7.23. The topological polar surface area (TPSA) is 91.0 Å².